The van der Waals surface area contributed by atoms with Crippen molar-refractivity contribution in [2.24, 2.45) is 7.05 Å². The number of hydrogen-bond acceptors (Lipinski definition) is 3. The third kappa shape index (κ3) is 2.34. The third-order valence-corrected chi connectivity index (χ3v) is 4.17. The molecule has 1 N–H and O–H groups in total. The summed E-state index contributed by atoms with van der Waals surface area (Å²) in [5.41, 5.74) is 1.88. The van der Waals surface area contributed by atoms with E-state index in [4.69, 9.17) is 0 Å². The zero-order chi connectivity index (χ0) is 15.0. The van der Waals surface area contributed by atoms with Crippen molar-refractivity contribution in [1.29, 1.82) is 0 Å². The monoisotopic (exact) mass is 348 g/mol. The van der Waals surface area contributed by atoms with E-state index in [1.54, 1.807) is 16.8 Å². The molecular formula is C15H14BrFN4. The van der Waals surface area contributed by atoms with Crippen LogP contribution >= 0.6 is 15.9 Å². The van der Waals surface area contributed by atoms with Gasteiger partial charge in [-0.05, 0) is 40.0 Å². The molecule has 0 amide bonds. The van der Waals surface area contributed by atoms with Gasteiger partial charge in [-0.1, -0.05) is 35.5 Å². The number of nitrogens with zero attached hydrogens (tertiary/aromatic N) is 3. The Balaban J connectivity index is 2.25. The molecule has 21 heavy (non-hydrogen) atoms. The van der Waals surface area contributed by atoms with Gasteiger partial charge >= 0.3 is 0 Å². The first-order valence-electron chi connectivity index (χ1n) is 6.53. The second-order valence-corrected chi connectivity index (χ2v) is 5.54. The summed E-state index contributed by atoms with van der Waals surface area (Å²) >= 11 is 3.43. The van der Waals surface area contributed by atoms with Gasteiger partial charge in [-0.25, -0.2) is 9.07 Å². The maximum atomic E-state index is 14.0. The molecule has 0 fully saturated rings. The number of halogens is 2. The summed E-state index contributed by atoms with van der Waals surface area (Å²) in [5.74, 6) is -0.216. The molecule has 0 bridgehead atoms. The maximum Gasteiger partial charge on any atom is 0.153 e. The summed E-state index contributed by atoms with van der Waals surface area (Å²) in [6, 6.07) is 10.6. The third-order valence-electron chi connectivity index (χ3n) is 3.60. The number of aromatic nitrogens is 3. The quantitative estimate of drug-likeness (QED) is 0.790. The van der Waals surface area contributed by atoms with Gasteiger partial charge in [0.2, 0.25) is 0 Å². The maximum absolute atomic E-state index is 14.0. The van der Waals surface area contributed by atoms with Gasteiger partial charge in [0.05, 0.1) is 11.7 Å². The Morgan fingerprint density at radius 3 is 2.52 bits per heavy atom. The Morgan fingerprint density at radius 1 is 1.19 bits per heavy atom. The summed E-state index contributed by atoms with van der Waals surface area (Å²) < 4.78 is 16.4. The molecule has 3 aromatic rings. The van der Waals surface area contributed by atoms with Crippen molar-refractivity contribution in [1.82, 2.24) is 20.3 Å². The van der Waals surface area contributed by atoms with Crippen molar-refractivity contribution < 1.29 is 4.39 Å². The van der Waals surface area contributed by atoms with Gasteiger partial charge in [0.15, 0.2) is 4.60 Å². The summed E-state index contributed by atoms with van der Waals surface area (Å²) in [5, 5.41) is 12.8. The van der Waals surface area contributed by atoms with Gasteiger partial charge < -0.3 is 5.32 Å². The Hall–Kier alpha value is -1.79. The number of benzene rings is 2. The molecule has 1 heterocycles. The molecule has 6 heteroatoms. The topological polar surface area (TPSA) is 42.7 Å². The zero-order valence-corrected chi connectivity index (χ0v) is 13.2. The number of aryl methyl sites for hydroxylation is 1. The zero-order valence-electron chi connectivity index (χ0n) is 11.6. The molecule has 2 aromatic carbocycles. The van der Waals surface area contributed by atoms with Crippen LogP contribution in [-0.2, 0) is 7.05 Å². The van der Waals surface area contributed by atoms with Crippen molar-refractivity contribution in [2.75, 3.05) is 7.05 Å². The van der Waals surface area contributed by atoms with E-state index < -0.39 is 0 Å². The second-order valence-electron chi connectivity index (χ2n) is 4.79. The summed E-state index contributed by atoms with van der Waals surface area (Å²) in [6.45, 7) is 0. The van der Waals surface area contributed by atoms with Crippen LogP contribution in [0.2, 0.25) is 0 Å². The minimum absolute atomic E-state index is 0.134. The molecule has 0 spiro atoms. The van der Waals surface area contributed by atoms with E-state index in [9.17, 15) is 4.39 Å². The SMILES string of the molecule is CNC(c1ccc(F)c2ccccc12)c1c(Br)nnn1C. The molecule has 0 saturated heterocycles. The van der Waals surface area contributed by atoms with Crippen molar-refractivity contribution >= 4 is 26.7 Å². The Labute approximate surface area is 130 Å². The van der Waals surface area contributed by atoms with Gasteiger partial charge in [0.25, 0.3) is 0 Å². The fourth-order valence-corrected chi connectivity index (χ4v) is 3.18. The molecule has 3 rings (SSSR count). The number of hydrogen-bond donors (Lipinski definition) is 1. The summed E-state index contributed by atoms with van der Waals surface area (Å²) in [4.78, 5) is 0. The predicted molar refractivity (Wildman–Crippen MR) is 83.5 cm³/mol. The minimum atomic E-state index is -0.216. The molecule has 1 atom stereocenters. The van der Waals surface area contributed by atoms with Crippen molar-refractivity contribution in [3.8, 4) is 0 Å². The lowest BCUT2D eigenvalue weighted by molar-refractivity contribution is 0.597. The van der Waals surface area contributed by atoms with E-state index in [-0.39, 0.29) is 11.9 Å². The molecule has 0 aliphatic rings. The predicted octanol–water partition coefficient (Wildman–Crippen LogP) is 3.18. The van der Waals surface area contributed by atoms with Crippen LogP contribution in [0.25, 0.3) is 10.8 Å². The molecule has 0 radical (unpaired) electrons. The molecule has 0 saturated carbocycles. The summed E-state index contributed by atoms with van der Waals surface area (Å²) in [7, 11) is 3.70. The van der Waals surface area contributed by atoms with Crippen molar-refractivity contribution in [3.05, 3.63) is 58.1 Å². The van der Waals surface area contributed by atoms with E-state index in [1.807, 2.05) is 32.3 Å². The van der Waals surface area contributed by atoms with Gasteiger partial charge in [-0.15, -0.1) is 5.10 Å². The lowest BCUT2D eigenvalue weighted by Crippen LogP contribution is -2.21. The van der Waals surface area contributed by atoms with Gasteiger partial charge in [0, 0.05) is 12.4 Å². The molecule has 108 valence electrons. The fraction of sp³-hybridized carbons (Fsp3) is 0.200. The normalized spacial score (nSPS) is 12.8. The van der Waals surface area contributed by atoms with Crippen LogP contribution in [0, 0.1) is 5.82 Å². The van der Waals surface area contributed by atoms with Crippen LogP contribution in [0.3, 0.4) is 0 Å². The highest BCUT2D eigenvalue weighted by Gasteiger charge is 2.22. The van der Waals surface area contributed by atoms with Crippen LogP contribution in [0.15, 0.2) is 41.0 Å². The van der Waals surface area contributed by atoms with E-state index in [2.05, 4.69) is 31.6 Å². The number of fused-ring (bicyclic) bond motifs is 1. The Kier molecular flexibility index (Phi) is 3.73. The molecule has 1 unspecified atom stereocenters. The molecule has 1 aromatic heterocycles. The van der Waals surface area contributed by atoms with Gasteiger partial charge in [-0.3, -0.25) is 0 Å². The highest BCUT2D eigenvalue weighted by molar-refractivity contribution is 9.10. The lowest BCUT2D eigenvalue weighted by atomic mass is 9.96. The average Bonchev–Trinajstić information content (AvgIpc) is 2.83. The van der Waals surface area contributed by atoms with Gasteiger partial charge in [-0.2, -0.15) is 0 Å². The van der Waals surface area contributed by atoms with Crippen LogP contribution < -0.4 is 5.32 Å². The molecule has 4 nitrogen and oxygen atoms in total. The first kappa shape index (κ1) is 14.2. The van der Waals surface area contributed by atoms with E-state index >= 15 is 0 Å². The van der Waals surface area contributed by atoms with Gasteiger partial charge in [0.1, 0.15) is 5.82 Å². The minimum Gasteiger partial charge on any atom is -0.308 e. The molecule has 0 aliphatic heterocycles. The van der Waals surface area contributed by atoms with E-state index in [0.29, 0.717) is 9.99 Å². The Morgan fingerprint density at radius 2 is 1.90 bits per heavy atom. The average molecular weight is 349 g/mol. The first-order valence-corrected chi connectivity index (χ1v) is 7.32. The Bertz CT molecular complexity index is 780. The van der Waals surface area contributed by atoms with E-state index in [0.717, 1.165) is 16.6 Å². The second kappa shape index (κ2) is 5.54. The largest absolute Gasteiger partial charge is 0.308 e. The van der Waals surface area contributed by atoms with Crippen LogP contribution in [0.5, 0.6) is 0 Å². The van der Waals surface area contributed by atoms with Crippen LogP contribution in [-0.4, -0.2) is 22.0 Å². The number of rotatable bonds is 3. The smallest absolute Gasteiger partial charge is 0.153 e. The van der Waals surface area contributed by atoms with E-state index in [1.165, 1.54) is 6.07 Å². The number of nitrogens with one attached hydrogen (secondary N) is 1. The highest BCUT2D eigenvalue weighted by atomic mass is 79.9. The van der Waals surface area contributed by atoms with Crippen molar-refractivity contribution in [2.45, 2.75) is 6.04 Å². The molecular weight excluding hydrogens is 335 g/mol. The highest BCUT2D eigenvalue weighted by Crippen LogP contribution is 2.32. The molecule has 0 aliphatic carbocycles. The summed E-state index contributed by atoms with van der Waals surface area (Å²) in [6.07, 6.45) is 0. The van der Waals surface area contributed by atoms with Crippen molar-refractivity contribution in [3.63, 3.8) is 0 Å². The first-order chi connectivity index (χ1) is 10.1. The fourth-order valence-electron chi connectivity index (χ4n) is 2.62. The lowest BCUT2D eigenvalue weighted by Gasteiger charge is -2.19. The standard InChI is InChI=1S/C15H14BrFN4/c1-18-13(14-15(16)19-20-21(14)2)11-7-8-12(17)10-6-4-3-5-9(10)11/h3-8,13,18H,1-2H3. The van der Waals surface area contributed by atoms with Crippen LogP contribution in [0.1, 0.15) is 17.3 Å². The van der Waals surface area contributed by atoms with Crippen LogP contribution in [0.4, 0.5) is 4.39 Å².